The second kappa shape index (κ2) is 3.90. The lowest BCUT2D eigenvalue weighted by atomic mass is 10.1. The van der Waals surface area contributed by atoms with Crippen molar-refractivity contribution >= 4 is 11.0 Å². The molecule has 1 aromatic carbocycles. The van der Waals surface area contributed by atoms with Gasteiger partial charge in [0, 0.05) is 24.0 Å². The zero-order valence-corrected chi connectivity index (χ0v) is 8.78. The Hall–Kier alpha value is -1.55. The molecule has 0 fully saturated rings. The van der Waals surface area contributed by atoms with E-state index in [1.54, 1.807) is 7.11 Å². The summed E-state index contributed by atoms with van der Waals surface area (Å²) in [5.41, 5.74) is 2.46. The Morgan fingerprint density at radius 1 is 1.47 bits per heavy atom. The largest absolute Gasteiger partial charge is 0.496 e. The van der Waals surface area contributed by atoms with Crippen molar-refractivity contribution in [2.24, 2.45) is 0 Å². The molecule has 0 spiro atoms. The normalized spacial score (nSPS) is 10.9. The highest BCUT2D eigenvalue weighted by Gasteiger charge is 2.12. The van der Waals surface area contributed by atoms with E-state index in [2.05, 4.69) is 5.16 Å². The minimum atomic E-state index is 0.0761. The van der Waals surface area contributed by atoms with Crippen molar-refractivity contribution in [3.63, 3.8) is 0 Å². The van der Waals surface area contributed by atoms with Gasteiger partial charge in [0.2, 0.25) is 0 Å². The average molecular weight is 207 g/mol. The maximum atomic E-state index is 8.86. The topological polar surface area (TPSA) is 55.5 Å². The average Bonchev–Trinajstić information content (AvgIpc) is 2.64. The number of nitrogens with zero attached hydrogens (tertiary/aromatic N) is 1. The zero-order valence-electron chi connectivity index (χ0n) is 8.78. The number of aryl methyl sites for hydroxylation is 1. The van der Waals surface area contributed by atoms with Gasteiger partial charge in [0.15, 0.2) is 5.58 Å². The molecule has 0 amide bonds. The summed E-state index contributed by atoms with van der Waals surface area (Å²) in [5.74, 6) is 0.786. The van der Waals surface area contributed by atoms with Gasteiger partial charge in [-0.1, -0.05) is 5.16 Å². The predicted octanol–water partition coefficient (Wildman–Crippen LogP) is 1.68. The lowest BCUT2D eigenvalue weighted by Crippen LogP contribution is -1.91. The lowest BCUT2D eigenvalue weighted by Gasteiger charge is -2.03. The molecule has 0 unspecified atom stereocenters. The highest BCUT2D eigenvalue weighted by Crippen LogP contribution is 2.29. The quantitative estimate of drug-likeness (QED) is 0.831. The minimum absolute atomic E-state index is 0.0761. The Morgan fingerprint density at radius 3 is 2.93 bits per heavy atom. The van der Waals surface area contributed by atoms with Crippen molar-refractivity contribution in [3.05, 3.63) is 23.4 Å². The molecule has 15 heavy (non-hydrogen) atoms. The highest BCUT2D eigenvalue weighted by atomic mass is 16.5. The molecule has 0 aliphatic carbocycles. The first-order valence-corrected chi connectivity index (χ1v) is 4.80. The molecule has 0 aliphatic heterocycles. The van der Waals surface area contributed by atoms with E-state index in [-0.39, 0.29) is 6.61 Å². The fourth-order valence-electron chi connectivity index (χ4n) is 1.68. The maximum absolute atomic E-state index is 8.86. The number of aliphatic hydroxyl groups excluding tert-OH is 1. The van der Waals surface area contributed by atoms with Crippen LogP contribution in [-0.4, -0.2) is 24.0 Å². The van der Waals surface area contributed by atoms with Gasteiger partial charge in [-0.05, 0) is 19.1 Å². The molecule has 0 saturated heterocycles. The molecule has 0 saturated carbocycles. The molecule has 0 radical (unpaired) electrons. The zero-order chi connectivity index (χ0) is 10.8. The molecule has 2 aromatic rings. The summed E-state index contributed by atoms with van der Waals surface area (Å²) in [6, 6.07) is 3.79. The van der Waals surface area contributed by atoms with Gasteiger partial charge in [-0.15, -0.1) is 0 Å². The van der Waals surface area contributed by atoms with Gasteiger partial charge in [-0.2, -0.15) is 0 Å². The monoisotopic (exact) mass is 207 g/mol. The third-order valence-electron chi connectivity index (χ3n) is 2.48. The molecule has 1 heterocycles. The molecule has 80 valence electrons. The van der Waals surface area contributed by atoms with E-state index >= 15 is 0 Å². The van der Waals surface area contributed by atoms with Crippen LogP contribution in [0.15, 0.2) is 16.7 Å². The molecule has 0 aliphatic rings. The molecular formula is C11H13NO3. The molecule has 2 rings (SSSR count). The summed E-state index contributed by atoms with van der Waals surface area (Å²) < 4.78 is 10.4. The van der Waals surface area contributed by atoms with Crippen LogP contribution < -0.4 is 4.74 Å². The Morgan fingerprint density at radius 2 is 2.27 bits per heavy atom. The van der Waals surface area contributed by atoms with Gasteiger partial charge in [0.1, 0.15) is 5.75 Å². The number of ether oxygens (including phenoxy) is 1. The number of rotatable bonds is 3. The SMILES string of the molecule is COc1ccc2c(CCO)noc2c1C. The summed E-state index contributed by atoms with van der Waals surface area (Å²) in [6.45, 7) is 2.00. The number of aromatic nitrogens is 1. The van der Waals surface area contributed by atoms with E-state index in [1.165, 1.54) is 0 Å². The highest BCUT2D eigenvalue weighted by molar-refractivity contribution is 5.84. The van der Waals surface area contributed by atoms with Gasteiger partial charge < -0.3 is 14.4 Å². The van der Waals surface area contributed by atoms with Crippen molar-refractivity contribution < 1.29 is 14.4 Å². The van der Waals surface area contributed by atoms with E-state index in [1.807, 2.05) is 19.1 Å². The number of benzene rings is 1. The second-order valence-corrected chi connectivity index (χ2v) is 3.37. The fourth-order valence-corrected chi connectivity index (χ4v) is 1.68. The van der Waals surface area contributed by atoms with Crippen LogP contribution in [-0.2, 0) is 6.42 Å². The Bertz CT molecular complexity index is 476. The summed E-state index contributed by atoms with van der Waals surface area (Å²) in [4.78, 5) is 0. The van der Waals surface area contributed by atoms with E-state index in [0.29, 0.717) is 6.42 Å². The van der Waals surface area contributed by atoms with Gasteiger partial charge in [-0.3, -0.25) is 0 Å². The van der Waals surface area contributed by atoms with Gasteiger partial charge in [0.05, 0.1) is 12.8 Å². The molecule has 0 bridgehead atoms. The van der Waals surface area contributed by atoms with Crippen LogP contribution in [0.25, 0.3) is 11.0 Å². The van der Waals surface area contributed by atoms with E-state index in [4.69, 9.17) is 14.4 Å². The van der Waals surface area contributed by atoms with Crippen LogP contribution in [0.2, 0.25) is 0 Å². The Balaban J connectivity index is 2.60. The standard InChI is InChI=1S/C11H13NO3/c1-7-10(14-2)4-3-8-9(5-6-13)12-15-11(7)8/h3-4,13H,5-6H2,1-2H3. The maximum Gasteiger partial charge on any atom is 0.173 e. The number of hydrogen-bond donors (Lipinski definition) is 1. The van der Waals surface area contributed by atoms with Crippen molar-refractivity contribution in [2.45, 2.75) is 13.3 Å². The third-order valence-corrected chi connectivity index (χ3v) is 2.48. The first-order valence-electron chi connectivity index (χ1n) is 4.80. The minimum Gasteiger partial charge on any atom is -0.496 e. The first kappa shape index (κ1) is 9.98. The van der Waals surface area contributed by atoms with Crippen LogP contribution in [0.3, 0.4) is 0 Å². The van der Waals surface area contributed by atoms with Crippen molar-refractivity contribution in [1.29, 1.82) is 0 Å². The molecule has 4 heteroatoms. The van der Waals surface area contributed by atoms with Crippen LogP contribution in [0.5, 0.6) is 5.75 Å². The van der Waals surface area contributed by atoms with E-state index < -0.39 is 0 Å². The fraction of sp³-hybridized carbons (Fsp3) is 0.364. The summed E-state index contributed by atoms with van der Waals surface area (Å²) >= 11 is 0. The third kappa shape index (κ3) is 1.57. The first-order chi connectivity index (χ1) is 7.27. The molecule has 1 aromatic heterocycles. The molecule has 1 N–H and O–H groups in total. The van der Waals surface area contributed by atoms with Crippen LogP contribution in [0.1, 0.15) is 11.3 Å². The number of fused-ring (bicyclic) bond motifs is 1. The predicted molar refractivity (Wildman–Crippen MR) is 56.1 cm³/mol. The summed E-state index contributed by atoms with van der Waals surface area (Å²) in [5, 5.41) is 13.7. The van der Waals surface area contributed by atoms with Crippen molar-refractivity contribution in [2.75, 3.05) is 13.7 Å². The molecule has 0 atom stereocenters. The lowest BCUT2D eigenvalue weighted by molar-refractivity contribution is 0.295. The Labute approximate surface area is 87.4 Å². The summed E-state index contributed by atoms with van der Waals surface area (Å²) in [7, 11) is 1.62. The van der Waals surface area contributed by atoms with Gasteiger partial charge in [0.25, 0.3) is 0 Å². The van der Waals surface area contributed by atoms with Crippen molar-refractivity contribution in [1.82, 2.24) is 5.16 Å². The number of aliphatic hydroxyl groups is 1. The number of methoxy groups -OCH3 is 1. The van der Waals surface area contributed by atoms with E-state index in [9.17, 15) is 0 Å². The van der Waals surface area contributed by atoms with Gasteiger partial charge in [-0.25, -0.2) is 0 Å². The molecule has 4 nitrogen and oxygen atoms in total. The second-order valence-electron chi connectivity index (χ2n) is 3.37. The summed E-state index contributed by atoms with van der Waals surface area (Å²) in [6.07, 6.45) is 0.513. The van der Waals surface area contributed by atoms with Gasteiger partial charge >= 0.3 is 0 Å². The smallest absolute Gasteiger partial charge is 0.173 e. The van der Waals surface area contributed by atoms with Crippen LogP contribution in [0, 0.1) is 6.92 Å². The van der Waals surface area contributed by atoms with Crippen LogP contribution in [0.4, 0.5) is 0 Å². The number of hydrogen-bond acceptors (Lipinski definition) is 4. The molecular weight excluding hydrogens is 194 g/mol. The van der Waals surface area contributed by atoms with Crippen LogP contribution >= 0.6 is 0 Å². The Kier molecular flexibility index (Phi) is 2.60. The van der Waals surface area contributed by atoms with Crippen molar-refractivity contribution in [3.8, 4) is 5.75 Å². The van der Waals surface area contributed by atoms with E-state index in [0.717, 1.165) is 28.0 Å².